The third-order valence-electron chi connectivity index (χ3n) is 4.17. The van der Waals surface area contributed by atoms with Gasteiger partial charge in [0, 0.05) is 5.02 Å². The standard InChI is InChI=1S/C20H21ClN4OS/c1-14(17-8-10-18(21)11-9-17)22-19(26)13-27-20-24-23-15(2)25(20)12-16-6-4-3-5-7-16/h3-11,14H,12-13H2,1-2H3,(H,22,26). The molecule has 0 fully saturated rings. The molecule has 3 aromatic rings. The van der Waals surface area contributed by atoms with Crippen LogP contribution >= 0.6 is 23.4 Å². The number of aromatic nitrogens is 3. The first-order valence-electron chi connectivity index (χ1n) is 8.64. The molecule has 0 saturated carbocycles. The number of hydrogen-bond acceptors (Lipinski definition) is 4. The largest absolute Gasteiger partial charge is 0.349 e. The van der Waals surface area contributed by atoms with Gasteiger partial charge in [0.05, 0.1) is 18.3 Å². The molecule has 0 spiro atoms. The van der Waals surface area contributed by atoms with Crippen LogP contribution in [-0.4, -0.2) is 26.4 Å². The van der Waals surface area contributed by atoms with Crippen LogP contribution in [0.5, 0.6) is 0 Å². The molecular weight excluding hydrogens is 380 g/mol. The van der Waals surface area contributed by atoms with Crippen molar-refractivity contribution in [3.8, 4) is 0 Å². The van der Waals surface area contributed by atoms with Crippen molar-refractivity contribution in [1.29, 1.82) is 0 Å². The Morgan fingerprint density at radius 2 is 1.85 bits per heavy atom. The fraction of sp³-hybridized carbons (Fsp3) is 0.250. The minimum atomic E-state index is -0.0840. The molecule has 1 heterocycles. The van der Waals surface area contributed by atoms with Gasteiger partial charge in [0.2, 0.25) is 5.91 Å². The lowest BCUT2D eigenvalue weighted by Gasteiger charge is -2.14. The van der Waals surface area contributed by atoms with E-state index in [9.17, 15) is 4.79 Å². The molecule has 0 radical (unpaired) electrons. The Balaban J connectivity index is 1.58. The Labute approximate surface area is 168 Å². The van der Waals surface area contributed by atoms with Gasteiger partial charge in [0.15, 0.2) is 5.16 Å². The smallest absolute Gasteiger partial charge is 0.230 e. The van der Waals surface area contributed by atoms with E-state index in [-0.39, 0.29) is 17.7 Å². The molecule has 1 unspecified atom stereocenters. The molecule has 0 aliphatic carbocycles. The molecular formula is C20H21ClN4OS. The molecule has 5 nitrogen and oxygen atoms in total. The van der Waals surface area contributed by atoms with E-state index in [1.807, 2.05) is 60.9 Å². The average molecular weight is 401 g/mol. The average Bonchev–Trinajstić information content (AvgIpc) is 3.01. The molecule has 2 aromatic carbocycles. The maximum atomic E-state index is 12.3. The highest BCUT2D eigenvalue weighted by molar-refractivity contribution is 7.99. The van der Waals surface area contributed by atoms with Gasteiger partial charge in [-0.2, -0.15) is 0 Å². The van der Waals surface area contributed by atoms with Crippen molar-refractivity contribution in [3.63, 3.8) is 0 Å². The summed E-state index contributed by atoms with van der Waals surface area (Å²) < 4.78 is 2.02. The van der Waals surface area contributed by atoms with Gasteiger partial charge in [-0.1, -0.05) is 65.8 Å². The van der Waals surface area contributed by atoms with Crippen molar-refractivity contribution >= 4 is 29.3 Å². The SMILES string of the molecule is Cc1nnc(SCC(=O)NC(C)c2ccc(Cl)cc2)n1Cc1ccccc1. The van der Waals surface area contributed by atoms with Gasteiger partial charge < -0.3 is 9.88 Å². The van der Waals surface area contributed by atoms with Crippen LogP contribution in [0.15, 0.2) is 59.8 Å². The van der Waals surface area contributed by atoms with Crippen molar-refractivity contribution in [2.45, 2.75) is 31.6 Å². The number of nitrogens with zero attached hydrogens (tertiary/aromatic N) is 3. The Hall–Kier alpha value is -2.31. The number of hydrogen-bond donors (Lipinski definition) is 1. The lowest BCUT2D eigenvalue weighted by atomic mass is 10.1. The second-order valence-corrected chi connectivity index (χ2v) is 7.61. The summed E-state index contributed by atoms with van der Waals surface area (Å²) in [4.78, 5) is 12.3. The predicted octanol–water partition coefficient (Wildman–Crippen LogP) is 4.26. The highest BCUT2D eigenvalue weighted by Crippen LogP contribution is 2.20. The van der Waals surface area contributed by atoms with Crippen LogP contribution in [-0.2, 0) is 11.3 Å². The molecule has 0 saturated heterocycles. The van der Waals surface area contributed by atoms with Gasteiger partial charge >= 0.3 is 0 Å². The zero-order valence-electron chi connectivity index (χ0n) is 15.2. The summed E-state index contributed by atoms with van der Waals surface area (Å²) in [6, 6.07) is 17.5. The molecule has 1 aromatic heterocycles. The summed E-state index contributed by atoms with van der Waals surface area (Å²) in [5.41, 5.74) is 2.18. The van der Waals surface area contributed by atoms with E-state index < -0.39 is 0 Å². The first-order valence-corrected chi connectivity index (χ1v) is 10.0. The highest BCUT2D eigenvalue weighted by atomic mass is 35.5. The zero-order chi connectivity index (χ0) is 19.2. The molecule has 1 atom stereocenters. The summed E-state index contributed by atoms with van der Waals surface area (Å²) in [5.74, 6) is 1.07. The summed E-state index contributed by atoms with van der Waals surface area (Å²) >= 11 is 7.30. The second-order valence-electron chi connectivity index (χ2n) is 6.23. The number of thioether (sulfide) groups is 1. The molecule has 1 N–H and O–H groups in total. The number of halogens is 1. The first-order chi connectivity index (χ1) is 13.0. The van der Waals surface area contributed by atoms with E-state index in [0.29, 0.717) is 11.6 Å². The van der Waals surface area contributed by atoms with Crippen LogP contribution in [0.1, 0.15) is 29.9 Å². The normalized spacial score (nSPS) is 12.0. The van der Waals surface area contributed by atoms with Gasteiger partial charge in [-0.15, -0.1) is 10.2 Å². The molecule has 0 aliphatic rings. The third kappa shape index (κ3) is 5.34. The number of carbonyl (C=O) groups is 1. The maximum Gasteiger partial charge on any atom is 0.230 e. The minimum absolute atomic E-state index is 0.0469. The number of benzene rings is 2. The summed E-state index contributed by atoms with van der Waals surface area (Å²) in [5, 5.41) is 12.8. The highest BCUT2D eigenvalue weighted by Gasteiger charge is 2.14. The van der Waals surface area contributed by atoms with Crippen LogP contribution in [0.4, 0.5) is 0 Å². The van der Waals surface area contributed by atoms with E-state index in [4.69, 9.17) is 11.6 Å². The zero-order valence-corrected chi connectivity index (χ0v) is 16.8. The predicted molar refractivity (Wildman–Crippen MR) is 109 cm³/mol. The van der Waals surface area contributed by atoms with Gasteiger partial charge in [0.1, 0.15) is 5.82 Å². The van der Waals surface area contributed by atoms with Crippen molar-refractivity contribution in [1.82, 2.24) is 20.1 Å². The fourth-order valence-electron chi connectivity index (χ4n) is 2.66. The van der Waals surface area contributed by atoms with Gasteiger partial charge in [-0.3, -0.25) is 4.79 Å². The number of amides is 1. The van der Waals surface area contributed by atoms with E-state index >= 15 is 0 Å². The van der Waals surface area contributed by atoms with Crippen LogP contribution in [0.3, 0.4) is 0 Å². The quantitative estimate of drug-likeness (QED) is 0.602. The minimum Gasteiger partial charge on any atom is -0.349 e. The van der Waals surface area contributed by atoms with Gasteiger partial charge in [-0.25, -0.2) is 0 Å². The monoisotopic (exact) mass is 400 g/mol. The van der Waals surface area contributed by atoms with E-state index in [1.54, 1.807) is 0 Å². The number of nitrogens with one attached hydrogen (secondary N) is 1. The van der Waals surface area contributed by atoms with E-state index in [0.717, 1.165) is 16.5 Å². The fourth-order valence-corrected chi connectivity index (χ4v) is 3.58. The molecule has 1 amide bonds. The number of carbonyl (C=O) groups excluding carboxylic acids is 1. The maximum absolute atomic E-state index is 12.3. The van der Waals surface area contributed by atoms with Gasteiger partial charge in [-0.05, 0) is 37.1 Å². The Morgan fingerprint density at radius 3 is 2.56 bits per heavy atom. The molecule has 0 aliphatic heterocycles. The molecule has 0 bridgehead atoms. The van der Waals surface area contributed by atoms with Crippen molar-refractivity contribution < 1.29 is 4.79 Å². The van der Waals surface area contributed by atoms with Crippen LogP contribution in [0.2, 0.25) is 5.02 Å². The van der Waals surface area contributed by atoms with E-state index in [2.05, 4.69) is 27.6 Å². The van der Waals surface area contributed by atoms with Gasteiger partial charge in [0.25, 0.3) is 0 Å². The Kier molecular flexibility index (Phi) is 6.53. The third-order valence-corrected chi connectivity index (χ3v) is 5.38. The molecule has 140 valence electrons. The first kappa shape index (κ1) is 19.5. The van der Waals surface area contributed by atoms with Crippen molar-refractivity contribution in [2.24, 2.45) is 0 Å². The topological polar surface area (TPSA) is 59.8 Å². The van der Waals surface area contributed by atoms with E-state index in [1.165, 1.54) is 17.3 Å². The lowest BCUT2D eigenvalue weighted by molar-refractivity contribution is -0.119. The molecule has 27 heavy (non-hydrogen) atoms. The van der Waals surface area contributed by atoms with Crippen molar-refractivity contribution in [2.75, 3.05) is 5.75 Å². The molecule has 3 rings (SSSR count). The lowest BCUT2D eigenvalue weighted by Crippen LogP contribution is -2.28. The van der Waals surface area contributed by atoms with Crippen molar-refractivity contribution in [3.05, 3.63) is 76.6 Å². The summed E-state index contributed by atoms with van der Waals surface area (Å²) in [7, 11) is 0. The second kappa shape index (κ2) is 9.06. The van der Waals surface area contributed by atoms with Crippen LogP contribution < -0.4 is 5.32 Å². The summed E-state index contributed by atoms with van der Waals surface area (Å²) in [6.45, 7) is 4.56. The number of rotatable bonds is 7. The Bertz CT molecular complexity index is 896. The summed E-state index contributed by atoms with van der Waals surface area (Å²) in [6.07, 6.45) is 0. The number of aryl methyl sites for hydroxylation is 1. The molecule has 7 heteroatoms. The Morgan fingerprint density at radius 1 is 1.15 bits per heavy atom. The van der Waals surface area contributed by atoms with Crippen LogP contribution in [0.25, 0.3) is 0 Å². The van der Waals surface area contributed by atoms with Crippen LogP contribution in [0, 0.1) is 6.92 Å².